The minimum atomic E-state index is -1.22. The van der Waals surface area contributed by atoms with Gasteiger partial charge in [0.05, 0.1) is 13.5 Å². The number of carboxylic acids is 1. The van der Waals surface area contributed by atoms with E-state index in [9.17, 15) is 24.3 Å². The molecule has 2 N–H and O–H groups in total. The van der Waals surface area contributed by atoms with Crippen LogP contribution in [0, 0.1) is 0 Å². The van der Waals surface area contributed by atoms with Crippen molar-refractivity contribution in [1.82, 2.24) is 10.2 Å². The van der Waals surface area contributed by atoms with Crippen LogP contribution in [0.15, 0.2) is 65.9 Å². The number of thioether (sulfide) groups is 2. The molecule has 8 nitrogen and oxygen atoms in total. The van der Waals surface area contributed by atoms with Crippen LogP contribution in [0.3, 0.4) is 0 Å². The van der Waals surface area contributed by atoms with E-state index in [1.807, 2.05) is 6.07 Å². The number of carboxylic acid groups (broad SMARTS) is 1. The summed E-state index contributed by atoms with van der Waals surface area (Å²) in [6.07, 6.45) is 0.0729. The quantitative estimate of drug-likeness (QED) is 0.534. The molecule has 1 saturated heterocycles. The first-order valence-corrected chi connectivity index (χ1v) is 12.5. The fraction of sp³-hybridized carbons (Fsp3) is 0.250. The Morgan fingerprint density at radius 1 is 1.18 bits per heavy atom. The molecular weight excluding hydrogens is 476 g/mol. The van der Waals surface area contributed by atoms with Gasteiger partial charge in [-0.3, -0.25) is 19.3 Å². The molecule has 0 spiro atoms. The third kappa shape index (κ3) is 4.97. The fourth-order valence-corrected chi connectivity index (χ4v) is 6.12. The summed E-state index contributed by atoms with van der Waals surface area (Å²) in [6, 6.07) is 15.0. The maximum Gasteiger partial charge on any atom is 0.352 e. The minimum absolute atomic E-state index is 0.0729. The molecule has 2 atom stereocenters. The van der Waals surface area contributed by atoms with Gasteiger partial charge in [-0.15, -0.1) is 11.8 Å². The highest BCUT2D eigenvalue weighted by molar-refractivity contribution is 8.14. The van der Waals surface area contributed by atoms with Crippen molar-refractivity contribution in [3.63, 3.8) is 0 Å². The number of carbonyl (C=O) groups excluding carboxylic acids is 3. The lowest BCUT2D eigenvalue weighted by atomic mass is 10.0. The number of nitrogens with zero attached hydrogens (tertiary/aromatic N) is 1. The van der Waals surface area contributed by atoms with Gasteiger partial charge in [0.15, 0.2) is 0 Å². The van der Waals surface area contributed by atoms with Crippen molar-refractivity contribution < 1.29 is 29.0 Å². The molecule has 0 saturated carbocycles. The molecule has 2 heterocycles. The van der Waals surface area contributed by atoms with E-state index in [2.05, 4.69) is 5.32 Å². The lowest BCUT2D eigenvalue weighted by Crippen LogP contribution is -2.70. The molecule has 2 amide bonds. The summed E-state index contributed by atoms with van der Waals surface area (Å²) in [6.45, 7) is 0. The monoisotopic (exact) mass is 498 g/mol. The average molecular weight is 499 g/mol. The van der Waals surface area contributed by atoms with Crippen LogP contribution < -0.4 is 10.1 Å². The molecule has 34 heavy (non-hydrogen) atoms. The van der Waals surface area contributed by atoms with Crippen LogP contribution in [-0.2, 0) is 20.8 Å². The first-order chi connectivity index (χ1) is 16.4. The zero-order valence-corrected chi connectivity index (χ0v) is 19.9. The van der Waals surface area contributed by atoms with E-state index in [-0.39, 0.29) is 28.9 Å². The molecule has 2 aliphatic heterocycles. The van der Waals surface area contributed by atoms with Crippen LogP contribution in [0.2, 0.25) is 0 Å². The lowest BCUT2D eigenvalue weighted by molar-refractivity contribution is -0.150. The molecular formula is C24H22N2O6S2. The van der Waals surface area contributed by atoms with Crippen molar-refractivity contribution in [1.29, 1.82) is 0 Å². The second-order valence-corrected chi connectivity index (χ2v) is 9.74. The van der Waals surface area contributed by atoms with Gasteiger partial charge in [0.2, 0.25) is 11.0 Å². The van der Waals surface area contributed by atoms with Crippen molar-refractivity contribution >= 4 is 46.4 Å². The van der Waals surface area contributed by atoms with Gasteiger partial charge in [0.25, 0.3) is 5.91 Å². The van der Waals surface area contributed by atoms with Crippen LogP contribution in [0.1, 0.15) is 15.9 Å². The van der Waals surface area contributed by atoms with Crippen LogP contribution in [0.25, 0.3) is 0 Å². The van der Waals surface area contributed by atoms with Gasteiger partial charge in [-0.05, 0) is 23.3 Å². The van der Waals surface area contributed by atoms with Crippen molar-refractivity contribution in [3.05, 3.63) is 77.0 Å². The molecule has 10 heteroatoms. The van der Waals surface area contributed by atoms with Gasteiger partial charge in [-0.1, -0.05) is 54.2 Å². The van der Waals surface area contributed by atoms with Crippen LogP contribution in [0.5, 0.6) is 5.75 Å². The Labute approximate surface area is 204 Å². The van der Waals surface area contributed by atoms with Crippen LogP contribution >= 0.6 is 23.5 Å². The Morgan fingerprint density at radius 3 is 2.65 bits per heavy atom. The number of fused-ring (bicyclic) bond motifs is 1. The number of hydrogen-bond acceptors (Lipinski definition) is 7. The van der Waals surface area contributed by atoms with Crippen molar-refractivity contribution in [2.75, 3.05) is 18.6 Å². The molecule has 2 aromatic carbocycles. The molecule has 176 valence electrons. The molecule has 0 bridgehead atoms. The van der Waals surface area contributed by atoms with Crippen LogP contribution in [0.4, 0.5) is 0 Å². The maximum absolute atomic E-state index is 12.8. The molecule has 4 rings (SSSR count). The number of benzene rings is 2. The number of ether oxygens (including phenoxy) is 1. The molecule has 0 aromatic heterocycles. The summed E-state index contributed by atoms with van der Waals surface area (Å²) in [4.78, 5) is 50.9. The van der Waals surface area contributed by atoms with Crippen molar-refractivity contribution in [3.8, 4) is 5.75 Å². The largest absolute Gasteiger partial charge is 0.497 e. The SMILES string of the molecule is COc1cccc(CC(=O)NC2C(=O)N3C(C(=O)O)=C(CSC(=O)c4ccccc4)CSC23)c1. The van der Waals surface area contributed by atoms with E-state index in [1.165, 1.54) is 16.7 Å². The molecule has 2 aromatic rings. The summed E-state index contributed by atoms with van der Waals surface area (Å²) in [5.74, 6) is -0.860. The van der Waals surface area contributed by atoms with Gasteiger partial charge in [0, 0.05) is 17.1 Å². The Bertz CT molecular complexity index is 1170. The Hall–Kier alpha value is -3.24. The molecule has 1 fully saturated rings. The predicted molar refractivity (Wildman–Crippen MR) is 130 cm³/mol. The summed E-state index contributed by atoms with van der Waals surface area (Å²) in [5.41, 5.74) is 1.69. The number of hydrogen-bond donors (Lipinski definition) is 2. The highest BCUT2D eigenvalue weighted by atomic mass is 32.2. The van der Waals surface area contributed by atoms with E-state index in [1.54, 1.807) is 55.6 Å². The lowest BCUT2D eigenvalue weighted by Gasteiger charge is -2.49. The normalized spacial score (nSPS) is 19.2. The fourth-order valence-electron chi connectivity index (χ4n) is 3.80. The number of carbonyl (C=O) groups is 4. The predicted octanol–water partition coefficient (Wildman–Crippen LogP) is 2.55. The molecule has 2 aliphatic rings. The third-order valence-electron chi connectivity index (χ3n) is 5.45. The summed E-state index contributed by atoms with van der Waals surface area (Å²) >= 11 is 2.39. The number of rotatable bonds is 8. The second-order valence-electron chi connectivity index (χ2n) is 7.68. The first kappa shape index (κ1) is 23.9. The van der Waals surface area contributed by atoms with E-state index < -0.39 is 23.3 Å². The van der Waals surface area contributed by atoms with E-state index >= 15 is 0 Å². The van der Waals surface area contributed by atoms with Gasteiger partial charge in [-0.25, -0.2) is 4.79 Å². The first-order valence-electron chi connectivity index (χ1n) is 10.4. The second kappa shape index (κ2) is 10.4. The highest BCUT2D eigenvalue weighted by Crippen LogP contribution is 2.41. The van der Waals surface area contributed by atoms with Gasteiger partial charge >= 0.3 is 5.97 Å². The topological polar surface area (TPSA) is 113 Å². The maximum atomic E-state index is 12.8. The molecule has 0 radical (unpaired) electrons. The number of methoxy groups -OCH3 is 1. The number of aliphatic carboxylic acids is 1. The zero-order chi connectivity index (χ0) is 24.2. The van der Waals surface area contributed by atoms with Gasteiger partial charge in [-0.2, -0.15) is 0 Å². The smallest absolute Gasteiger partial charge is 0.352 e. The van der Waals surface area contributed by atoms with Crippen LogP contribution in [-0.4, -0.2) is 62.9 Å². The zero-order valence-electron chi connectivity index (χ0n) is 18.2. The molecule has 0 aliphatic carbocycles. The third-order valence-corrected chi connectivity index (χ3v) is 7.78. The summed E-state index contributed by atoms with van der Waals surface area (Å²) in [7, 11) is 1.54. The van der Waals surface area contributed by atoms with Gasteiger partial charge < -0.3 is 15.2 Å². The van der Waals surface area contributed by atoms with Crippen molar-refractivity contribution in [2.24, 2.45) is 0 Å². The minimum Gasteiger partial charge on any atom is -0.497 e. The van der Waals surface area contributed by atoms with E-state index in [4.69, 9.17) is 4.74 Å². The molecule has 2 unspecified atom stereocenters. The van der Waals surface area contributed by atoms with E-state index in [0.29, 0.717) is 22.6 Å². The summed E-state index contributed by atoms with van der Waals surface area (Å²) < 4.78 is 5.16. The van der Waals surface area contributed by atoms with E-state index in [0.717, 1.165) is 17.3 Å². The van der Waals surface area contributed by atoms with Gasteiger partial charge in [0.1, 0.15) is 22.9 Å². The Kier molecular flexibility index (Phi) is 7.28. The summed E-state index contributed by atoms with van der Waals surface area (Å²) in [5, 5.41) is 11.9. The highest BCUT2D eigenvalue weighted by Gasteiger charge is 2.54. The number of nitrogens with one attached hydrogen (secondary N) is 1. The standard InChI is InChI=1S/C24H22N2O6S2/c1-32-17-9-5-6-14(10-17)11-18(27)25-19-21(28)26-20(23(29)30)16(12-33-22(19)26)13-34-24(31)15-7-3-2-4-8-15/h2-10,19,22H,11-13H2,1H3,(H,25,27)(H,29,30). The average Bonchev–Trinajstić information content (AvgIpc) is 2.85. The number of β-lactam (4-membered cyclic amide) rings is 1. The number of amides is 2. The Balaban J connectivity index is 1.41. The van der Waals surface area contributed by atoms with Crippen molar-refractivity contribution in [2.45, 2.75) is 17.8 Å². The Morgan fingerprint density at radius 2 is 1.94 bits per heavy atom.